The molecule has 3 nitrogen and oxygen atoms in total. The molecule has 0 atom stereocenters. The Kier molecular flexibility index (Phi) is 4.76. The standard InChI is InChI=1S/C15H20O3/c1-17-15(16)13-7-9-14(10-8-13)18-11-12-5-3-2-4-6-12/h2-6,13-14H,7-11H2,1H3/t13-,14+. The van der Waals surface area contributed by atoms with Crippen molar-refractivity contribution in [2.75, 3.05) is 7.11 Å². The summed E-state index contributed by atoms with van der Waals surface area (Å²) in [6.07, 6.45) is 3.95. The second-order valence-electron chi connectivity index (χ2n) is 4.79. The van der Waals surface area contributed by atoms with E-state index >= 15 is 0 Å². The first kappa shape index (κ1) is 13.1. The quantitative estimate of drug-likeness (QED) is 0.768. The molecule has 1 fully saturated rings. The van der Waals surface area contributed by atoms with Crippen LogP contribution in [0.5, 0.6) is 0 Å². The van der Waals surface area contributed by atoms with Crippen LogP contribution in [0, 0.1) is 5.92 Å². The fraction of sp³-hybridized carbons (Fsp3) is 0.533. The van der Waals surface area contributed by atoms with Crippen LogP contribution in [0.3, 0.4) is 0 Å². The Hall–Kier alpha value is -1.35. The molecule has 1 aromatic carbocycles. The second kappa shape index (κ2) is 6.55. The number of hydrogen-bond donors (Lipinski definition) is 0. The van der Waals surface area contributed by atoms with Crippen LogP contribution in [0.4, 0.5) is 0 Å². The molecule has 18 heavy (non-hydrogen) atoms. The largest absolute Gasteiger partial charge is 0.469 e. The first-order chi connectivity index (χ1) is 8.79. The molecule has 0 heterocycles. The van der Waals surface area contributed by atoms with Crippen molar-refractivity contribution in [2.45, 2.75) is 38.4 Å². The number of esters is 1. The average Bonchev–Trinajstić information content (AvgIpc) is 2.46. The third-order valence-corrected chi connectivity index (χ3v) is 3.54. The first-order valence-electron chi connectivity index (χ1n) is 6.53. The van der Waals surface area contributed by atoms with Crippen LogP contribution in [0.15, 0.2) is 30.3 Å². The molecule has 3 heteroatoms. The van der Waals surface area contributed by atoms with Crippen molar-refractivity contribution in [2.24, 2.45) is 5.92 Å². The number of carbonyl (C=O) groups excluding carboxylic acids is 1. The molecule has 1 saturated carbocycles. The molecular formula is C15H20O3. The molecule has 1 aromatic rings. The van der Waals surface area contributed by atoms with Crippen molar-refractivity contribution in [3.63, 3.8) is 0 Å². The number of ether oxygens (including phenoxy) is 2. The number of benzene rings is 1. The molecule has 1 aliphatic carbocycles. The zero-order valence-corrected chi connectivity index (χ0v) is 10.8. The van der Waals surface area contributed by atoms with Crippen molar-refractivity contribution in [3.05, 3.63) is 35.9 Å². The van der Waals surface area contributed by atoms with Gasteiger partial charge in [0.25, 0.3) is 0 Å². The lowest BCUT2D eigenvalue weighted by molar-refractivity contribution is -0.147. The van der Waals surface area contributed by atoms with Crippen LogP contribution in [-0.4, -0.2) is 19.2 Å². The third kappa shape index (κ3) is 3.57. The normalized spacial score (nSPS) is 23.6. The minimum Gasteiger partial charge on any atom is -0.469 e. The summed E-state index contributed by atoms with van der Waals surface area (Å²) in [5.41, 5.74) is 1.20. The van der Waals surface area contributed by atoms with E-state index in [1.807, 2.05) is 18.2 Å². The highest BCUT2D eigenvalue weighted by atomic mass is 16.5. The van der Waals surface area contributed by atoms with Gasteiger partial charge in [0.05, 0.1) is 25.7 Å². The van der Waals surface area contributed by atoms with E-state index in [-0.39, 0.29) is 18.0 Å². The van der Waals surface area contributed by atoms with Crippen LogP contribution in [0.2, 0.25) is 0 Å². The maximum Gasteiger partial charge on any atom is 0.308 e. The summed E-state index contributed by atoms with van der Waals surface area (Å²) in [7, 11) is 1.46. The molecule has 2 rings (SSSR count). The third-order valence-electron chi connectivity index (χ3n) is 3.54. The SMILES string of the molecule is COC(=O)[C@H]1CC[C@@H](OCc2ccccc2)CC1. The maximum atomic E-state index is 11.4. The van der Waals surface area contributed by atoms with Gasteiger partial charge >= 0.3 is 5.97 Å². The van der Waals surface area contributed by atoms with E-state index in [0.717, 1.165) is 25.7 Å². The molecule has 0 bridgehead atoms. The predicted octanol–water partition coefficient (Wildman–Crippen LogP) is 2.94. The lowest BCUT2D eigenvalue weighted by atomic mass is 9.87. The molecule has 0 aromatic heterocycles. The van der Waals surface area contributed by atoms with Gasteiger partial charge in [0.15, 0.2) is 0 Å². The Morgan fingerprint density at radius 2 is 1.83 bits per heavy atom. The van der Waals surface area contributed by atoms with Gasteiger partial charge in [-0.1, -0.05) is 30.3 Å². The van der Waals surface area contributed by atoms with E-state index in [2.05, 4.69) is 12.1 Å². The van der Waals surface area contributed by atoms with Crippen LogP contribution in [-0.2, 0) is 20.9 Å². The Labute approximate surface area is 108 Å². The van der Waals surface area contributed by atoms with Gasteiger partial charge < -0.3 is 9.47 Å². The number of carbonyl (C=O) groups is 1. The molecule has 0 radical (unpaired) electrons. The van der Waals surface area contributed by atoms with E-state index in [1.54, 1.807) is 0 Å². The minimum absolute atomic E-state index is 0.0727. The lowest BCUT2D eigenvalue weighted by Gasteiger charge is -2.27. The van der Waals surface area contributed by atoms with E-state index < -0.39 is 0 Å². The van der Waals surface area contributed by atoms with Gasteiger partial charge in [0.2, 0.25) is 0 Å². The van der Waals surface area contributed by atoms with Crippen molar-refractivity contribution < 1.29 is 14.3 Å². The Balaban J connectivity index is 1.72. The minimum atomic E-state index is -0.0727. The van der Waals surface area contributed by atoms with Crippen LogP contribution in [0.25, 0.3) is 0 Å². The summed E-state index contributed by atoms with van der Waals surface area (Å²) in [6.45, 7) is 0.661. The van der Waals surface area contributed by atoms with Crippen LogP contribution < -0.4 is 0 Å². The lowest BCUT2D eigenvalue weighted by Crippen LogP contribution is -2.26. The summed E-state index contributed by atoms with van der Waals surface area (Å²) in [4.78, 5) is 11.4. The Morgan fingerprint density at radius 1 is 1.17 bits per heavy atom. The first-order valence-corrected chi connectivity index (χ1v) is 6.53. The maximum absolute atomic E-state index is 11.4. The zero-order valence-electron chi connectivity index (χ0n) is 10.8. The van der Waals surface area contributed by atoms with Crippen molar-refractivity contribution in [1.82, 2.24) is 0 Å². The fourth-order valence-corrected chi connectivity index (χ4v) is 2.42. The van der Waals surface area contributed by atoms with Crippen molar-refractivity contribution >= 4 is 5.97 Å². The van der Waals surface area contributed by atoms with E-state index in [1.165, 1.54) is 12.7 Å². The number of methoxy groups -OCH3 is 1. The van der Waals surface area contributed by atoms with E-state index in [4.69, 9.17) is 9.47 Å². The molecule has 0 unspecified atom stereocenters. The summed E-state index contributed by atoms with van der Waals surface area (Å²) < 4.78 is 10.7. The predicted molar refractivity (Wildman–Crippen MR) is 69.0 cm³/mol. The average molecular weight is 248 g/mol. The Bertz CT molecular complexity index is 367. The number of hydrogen-bond acceptors (Lipinski definition) is 3. The van der Waals surface area contributed by atoms with Gasteiger partial charge in [-0.3, -0.25) is 4.79 Å². The highest BCUT2D eigenvalue weighted by Crippen LogP contribution is 2.27. The van der Waals surface area contributed by atoms with Gasteiger partial charge in [-0.2, -0.15) is 0 Å². The van der Waals surface area contributed by atoms with Gasteiger partial charge in [0.1, 0.15) is 0 Å². The molecule has 98 valence electrons. The van der Waals surface area contributed by atoms with Crippen LogP contribution >= 0.6 is 0 Å². The van der Waals surface area contributed by atoms with Crippen molar-refractivity contribution in [1.29, 1.82) is 0 Å². The van der Waals surface area contributed by atoms with E-state index in [0.29, 0.717) is 6.61 Å². The molecule has 0 saturated heterocycles. The van der Waals surface area contributed by atoms with Gasteiger partial charge in [-0.25, -0.2) is 0 Å². The highest BCUT2D eigenvalue weighted by molar-refractivity contribution is 5.72. The highest BCUT2D eigenvalue weighted by Gasteiger charge is 2.27. The number of rotatable bonds is 4. The van der Waals surface area contributed by atoms with Crippen LogP contribution in [0.1, 0.15) is 31.2 Å². The topological polar surface area (TPSA) is 35.5 Å². The monoisotopic (exact) mass is 248 g/mol. The second-order valence-corrected chi connectivity index (χ2v) is 4.79. The fourth-order valence-electron chi connectivity index (χ4n) is 2.42. The molecule has 0 spiro atoms. The summed E-state index contributed by atoms with van der Waals surface area (Å²) in [6, 6.07) is 10.2. The van der Waals surface area contributed by atoms with Crippen molar-refractivity contribution in [3.8, 4) is 0 Å². The summed E-state index contributed by atoms with van der Waals surface area (Å²) >= 11 is 0. The molecule has 0 aliphatic heterocycles. The molecule has 1 aliphatic rings. The molecule has 0 N–H and O–H groups in total. The summed E-state index contributed by atoms with van der Waals surface area (Å²) in [5.74, 6) is 0.00286. The Morgan fingerprint density at radius 3 is 2.44 bits per heavy atom. The zero-order chi connectivity index (χ0) is 12.8. The molecular weight excluding hydrogens is 228 g/mol. The molecule has 0 amide bonds. The van der Waals surface area contributed by atoms with Gasteiger partial charge in [-0.05, 0) is 31.2 Å². The van der Waals surface area contributed by atoms with Gasteiger partial charge in [-0.15, -0.1) is 0 Å². The van der Waals surface area contributed by atoms with E-state index in [9.17, 15) is 4.79 Å². The summed E-state index contributed by atoms with van der Waals surface area (Å²) in [5, 5.41) is 0. The smallest absolute Gasteiger partial charge is 0.308 e. The van der Waals surface area contributed by atoms with Gasteiger partial charge in [0, 0.05) is 0 Å².